The van der Waals surface area contributed by atoms with Gasteiger partial charge in [-0.25, -0.2) is 8.42 Å². The highest BCUT2D eigenvalue weighted by molar-refractivity contribution is 7.92. The molecule has 0 fully saturated rings. The Balaban J connectivity index is 2.50. The lowest BCUT2D eigenvalue weighted by Gasteiger charge is -2.22. The van der Waals surface area contributed by atoms with Crippen LogP contribution in [0.15, 0.2) is 47.4 Å². The number of methoxy groups -OCH3 is 1. The summed E-state index contributed by atoms with van der Waals surface area (Å²) in [5, 5.41) is 0.890. The van der Waals surface area contributed by atoms with Crippen LogP contribution in [0, 0.1) is 0 Å². The summed E-state index contributed by atoms with van der Waals surface area (Å²) in [4.78, 5) is 0.136. The molecule has 2 aromatic rings. The third-order valence-electron chi connectivity index (χ3n) is 2.95. The molecular weight excluding hydrogens is 333 g/mol. The van der Waals surface area contributed by atoms with Gasteiger partial charge in [-0.1, -0.05) is 23.2 Å². The van der Waals surface area contributed by atoms with Crippen molar-refractivity contribution < 1.29 is 13.2 Å². The number of hydrogen-bond acceptors (Lipinski definition) is 3. The molecule has 0 amide bonds. The molecule has 0 unspecified atom stereocenters. The van der Waals surface area contributed by atoms with E-state index in [4.69, 9.17) is 27.9 Å². The van der Waals surface area contributed by atoms with Crippen molar-refractivity contribution in [3.63, 3.8) is 0 Å². The molecule has 0 aliphatic carbocycles. The number of halogens is 2. The Morgan fingerprint density at radius 3 is 2.14 bits per heavy atom. The molecule has 0 atom stereocenters. The molecule has 2 rings (SSSR count). The fourth-order valence-electron chi connectivity index (χ4n) is 1.80. The lowest BCUT2D eigenvalue weighted by Crippen LogP contribution is -2.26. The molecule has 21 heavy (non-hydrogen) atoms. The van der Waals surface area contributed by atoms with Gasteiger partial charge in [0.2, 0.25) is 0 Å². The molecule has 0 saturated heterocycles. The Morgan fingerprint density at radius 1 is 1.00 bits per heavy atom. The highest BCUT2D eigenvalue weighted by Crippen LogP contribution is 2.33. The molecule has 112 valence electrons. The lowest BCUT2D eigenvalue weighted by atomic mass is 10.3. The predicted molar refractivity (Wildman–Crippen MR) is 85.0 cm³/mol. The van der Waals surface area contributed by atoms with E-state index in [1.54, 1.807) is 12.1 Å². The number of hydrogen-bond donors (Lipinski definition) is 0. The number of sulfonamides is 1. The minimum atomic E-state index is -3.72. The average Bonchev–Trinajstić information content (AvgIpc) is 2.46. The average molecular weight is 346 g/mol. The molecule has 0 aliphatic rings. The quantitative estimate of drug-likeness (QED) is 0.845. The van der Waals surface area contributed by atoms with Gasteiger partial charge in [0.25, 0.3) is 10.0 Å². The maximum atomic E-state index is 12.6. The second-order valence-corrected chi connectivity index (χ2v) is 7.08. The summed E-state index contributed by atoms with van der Waals surface area (Å²) in [6.45, 7) is 0. The second-order valence-electron chi connectivity index (χ2n) is 4.24. The van der Waals surface area contributed by atoms with Crippen LogP contribution in [0.1, 0.15) is 0 Å². The van der Waals surface area contributed by atoms with Crippen LogP contribution < -0.4 is 9.04 Å². The van der Waals surface area contributed by atoms with Gasteiger partial charge >= 0.3 is 0 Å². The van der Waals surface area contributed by atoms with E-state index in [1.807, 2.05) is 0 Å². The van der Waals surface area contributed by atoms with Gasteiger partial charge in [0.1, 0.15) is 5.75 Å². The molecule has 0 spiro atoms. The highest BCUT2D eigenvalue weighted by Gasteiger charge is 2.24. The molecule has 0 aromatic heterocycles. The molecular formula is C14H13Cl2NO3S. The van der Waals surface area contributed by atoms with Gasteiger partial charge in [0.05, 0.1) is 17.7 Å². The van der Waals surface area contributed by atoms with Crippen molar-refractivity contribution in [2.75, 3.05) is 18.5 Å². The van der Waals surface area contributed by atoms with Crippen molar-refractivity contribution in [1.82, 2.24) is 0 Å². The van der Waals surface area contributed by atoms with Crippen molar-refractivity contribution in [1.29, 1.82) is 0 Å². The monoisotopic (exact) mass is 345 g/mol. The maximum Gasteiger partial charge on any atom is 0.264 e. The van der Waals surface area contributed by atoms with Crippen molar-refractivity contribution in [2.24, 2.45) is 0 Å². The van der Waals surface area contributed by atoms with Gasteiger partial charge in [-0.15, -0.1) is 0 Å². The summed E-state index contributed by atoms with van der Waals surface area (Å²) in [6.07, 6.45) is 0. The van der Waals surface area contributed by atoms with E-state index in [-0.39, 0.29) is 4.90 Å². The first-order chi connectivity index (χ1) is 9.86. The molecule has 0 aliphatic heterocycles. The summed E-state index contributed by atoms with van der Waals surface area (Å²) in [7, 11) is -0.812. The van der Waals surface area contributed by atoms with Crippen LogP contribution in [0.25, 0.3) is 0 Å². The fraction of sp³-hybridized carbons (Fsp3) is 0.143. The van der Waals surface area contributed by atoms with Crippen LogP contribution in [0.5, 0.6) is 5.75 Å². The number of anilines is 1. The molecule has 4 nitrogen and oxygen atoms in total. The topological polar surface area (TPSA) is 46.6 Å². The van der Waals surface area contributed by atoms with E-state index in [9.17, 15) is 8.42 Å². The van der Waals surface area contributed by atoms with E-state index in [0.29, 0.717) is 21.5 Å². The zero-order valence-electron chi connectivity index (χ0n) is 11.4. The van der Waals surface area contributed by atoms with Crippen LogP contribution in [0.3, 0.4) is 0 Å². The minimum absolute atomic E-state index is 0.136. The van der Waals surface area contributed by atoms with Crippen molar-refractivity contribution in [3.8, 4) is 5.75 Å². The van der Waals surface area contributed by atoms with E-state index in [2.05, 4.69) is 0 Å². The number of rotatable bonds is 4. The molecule has 0 bridgehead atoms. The molecule has 0 heterocycles. The van der Waals surface area contributed by atoms with Crippen molar-refractivity contribution in [3.05, 3.63) is 52.5 Å². The summed E-state index contributed by atoms with van der Waals surface area (Å²) >= 11 is 11.7. The largest absolute Gasteiger partial charge is 0.495 e. The van der Waals surface area contributed by atoms with Crippen molar-refractivity contribution in [2.45, 2.75) is 4.90 Å². The summed E-state index contributed by atoms with van der Waals surface area (Å²) in [6, 6.07) is 10.7. The number of nitrogens with zero attached hydrogens (tertiary/aromatic N) is 1. The van der Waals surface area contributed by atoms with Gasteiger partial charge in [-0.2, -0.15) is 0 Å². The second kappa shape index (κ2) is 6.13. The van der Waals surface area contributed by atoms with Crippen LogP contribution >= 0.6 is 23.2 Å². The van der Waals surface area contributed by atoms with Gasteiger partial charge < -0.3 is 4.74 Å². The fourth-order valence-corrected chi connectivity index (χ4v) is 3.29. The standard InChI is InChI=1S/C14H13Cl2NO3S/c1-17(13-9-11(16)5-8-14(13)20-2)21(18,19)12-6-3-10(15)4-7-12/h3-9H,1-2H3. The minimum Gasteiger partial charge on any atom is -0.495 e. The molecule has 0 saturated carbocycles. The van der Waals surface area contributed by atoms with E-state index in [1.165, 1.54) is 44.5 Å². The summed E-state index contributed by atoms with van der Waals surface area (Å²) < 4.78 is 31.5. The third-order valence-corrected chi connectivity index (χ3v) is 5.22. The normalized spacial score (nSPS) is 11.2. The van der Waals surface area contributed by atoms with Gasteiger partial charge in [-0.05, 0) is 42.5 Å². The third kappa shape index (κ3) is 3.26. The Morgan fingerprint density at radius 2 is 1.57 bits per heavy atom. The predicted octanol–water partition coefficient (Wildman–Crippen LogP) is 3.83. The number of benzene rings is 2. The van der Waals surface area contributed by atoms with Crippen molar-refractivity contribution >= 4 is 38.9 Å². The summed E-state index contributed by atoms with van der Waals surface area (Å²) in [5.41, 5.74) is 0.361. The van der Waals surface area contributed by atoms with Crippen LogP contribution in [-0.2, 0) is 10.0 Å². The Bertz CT molecular complexity index is 745. The first kappa shape index (κ1) is 15.9. The Kier molecular flexibility index (Phi) is 4.66. The number of ether oxygens (including phenoxy) is 1. The highest BCUT2D eigenvalue weighted by atomic mass is 35.5. The summed E-state index contributed by atoms with van der Waals surface area (Å²) in [5.74, 6) is 0.416. The van der Waals surface area contributed by atoms with Crippen LogP contribution in [-0.4, -0.2) is 22.6 Å². The van der Waals surface area contributed by atoms with Gasteiger partial charge in [0, 0.05) is 17.1 Å². The van der Waals surface area contributed by atoms with Crippen LogP contribution in [0.4, 0.5) is 5.69 Å². The lowest BCUT2D eigenvalue weighted by molar-refractivity contribution is 0.416. The molecule has 7 heteroatoms. The molecule has 0 N–H and O–H groups in total. The SMILES string of the molecule is COc1ccc(Cl)cc1N(C)S(=O)(=O)c1ccc(Cl)cc1. The Labute approximate surface area is 133 Å². The smallest absolute Gasteiger partial charge is 0.264 e. The van der Waals surface area contributed by atoms with Gasteiger partial charge in [0.15, 0.2) is 0 Å². The molecule has 2 aromatic carbocycles. The van der Waals surface area contributed by atoms with E-state index >= 15 is 0 Å². The van der Waals surface area contributed by atoms with Crippen LogP contribution in [0.2, 0.25) is 10.0 Å². The van der Waals surface area contributed by atoms with E-state index in [0.717, 1.165) is 4.31 Å². The zero-order valence-corrected chi connectivity index (χ0v) is 13.7. The van der Waals surface area contributed by atoms with Gasteiger partial charge in [-0.3, -0.25) is 4.31 Å². The Hall–Kier alpha value is -1.43. The van der Waals surface area contributed by atoms with E-state index < -0.39 is 10.0 Å². The molecule has 0 radical (unpaired) electrons. The first-order valence-electron chi connectivity index (χ1n) is 5.94. The first-order valence-corrected chi connectivity index (χ1v) is 8.14. The zero-order chi connectivity index (χ0) is 15.6. The maximum absolute atomic E-state index is 12.6.